The Morgan fingerprint density at radius 1 is 1.26 bits per heavy atom. The molecule has 1 aliphatic rings. The number of nitrogens with zero attached hydrogens (tertiary/aromatic N) is 3. The average molecular weight is 255 g/mol. The van der Waals surface area contributed by atoms with E-state index in [0.717, 1.165) is 11.6 Å². The fraction of sp³-hybridized carbons (Fsp3) is 0.143. The molecule has 0 fully saturated rings. The van der Waals surface area contributed by atoms with E-state index in [0.29, 0.717) is 6.42 Å². The van der Waals surface area contributed by atoms with Crippen molar-refractivity contribution in [3.05, 3.63) is 60.2 Å². The van der Waals surface area contributed by atoms with Gasteiger partial charge in [-0.05, 0) is 16.9 Å². The average Bonchev–Trinajstić information content (AvgIpc) is 2.85. The van der Waals surface area contributed by atoms with Gasteiger partial charge in [-0.25, -0.2) is 4.79 Å². The molecule has 0 saturated heterocycles. The molecule has 19 heavy (non-hydrogen) atoms. The summed E-state index contributed by atoms with van der Waals surface area (Å²) in [7, 11) is 0. The third-order valence-electron chi connectivity index (χ3n) is 2.63. The minimum atomic E-state index is -0.983. The Morgan fingerprint density at radius 2 is 2.05 bits per heavy atom. The van der Waals surface area contributed by atoms with E-state index in [9.17, 15) is 4.79 Å². The van der Waals surface area contributed by atoms with Gasteiger partial charge in [-0.3, -0.25) is 0 Å². The van der Waals surface area contributed by atoms with Crippen molar-refractivity contribution in [3.63, 3.8) is 0 Å². The molecule has 1 unspecified atom stereocenters. The lowest BCUT2D eigenvalue weighted by atomic mass is 9.92. The zero-order valence-electron chi connectivity index (χ0n) is 10.2. The maximum atomic E-state index is 10.4. The first-order chi connectivity index (χ1) is 9.20. The van der Waals surface area contributed by atoms with E-state index >= 15 is 0 Å². The Kier molecular flexibility index (Phi) is 3.97. The molecule has 1 atom stereocenters. The molecule has 5 nitrogen and oxygen atoms in total. The Labute approximate surface area is 110 Å². The highest BCUT2D eigenvalue weighted by Gasteiger charge is 2.28. The summed E-state index contributed by atoms with van der Waals surface area (Å²) in [5.74, 6) is -0.983. The quantitative estimate of drug-likeness (QED) is 0.648. The van der Waals surface area contributed by atoms with Gasteiger partial charge in [0.25, 0.3) is 0 Å². The Bertz CT molecular complexity index is 547. The lowest BCUT2D eigenvalue weighted by molar-refractivity contribution is -0.131. The predicted molar refractivity (Wildman–Crippen MR) is 72.1 cm³/mol. The molecule has 2 rings (SSSR count). The second-order valence-corrected chi connectivity index (χ2v) is 4.14. The van der Waals surface area contributed by atoms with Crippen molar-refractivity contribution in [2.45, 2.75) is 12.0 Å². The molecular formula is C14H13N3O2. The van der Waals surface area contributed by atoms with Crippen LogP contribution in [0.2, 0.25) is 0 Å². The molecule has 96 valence electrons. The van der Waals surface area contributed by atoms with Crippen molar-refractivity contribution in [3.8, 4) is 0 Å². The highest BCUT2D eigenvalue weighted by molar-refractivity contribution is 5.80. The largest absolute Gasteiger partial charge is 0.478 e. The van der Waals surface area contributed by atoms with Gasteiger partial charge >= 0.3 is 5.97 Å². The van der Waals surface area contributed by atoms with Crippen LogP contribution in [0, 0.1) is 0 Å². The van der Waals surface area contributed by atoms with Gasteiger partial charge in [0.15, 0.2) is 0 Å². The zero-order chi connectivity index (χ0) is 13.6. The van der Waals surface area contributed by atoms with Gasteiger partial charge in [-0.15, -0.1) is 5.10 Å². The molecule has 0 aromatic heterocycles. The maximum Gasteiger partial charge on any atom is 0.328 e. The molecule has 1 heterocycles. The second kappa shape index (κ2) is 5.86. The number of carbonyl (C=O) groups is 1. The number of carboxylic acid groups (broad SMARTS) is 1. The molecule has 0 spiro atoms. The standard InChI is InChI=1S/C14H13N3O2/c18-13(19)8-4-5-9-14(11-15-17-16-14)10-12-6-2-1-3-7-12/h1-9,11H,10H2,(H,18,19). The summed E-state index contributed by atoms with van der Waals surface area (Å²) in [6.07, 6.45) is 8.25. The van der Waals surface area contributed by atoms with E-state index in [-0.39, 0.29) is 0 Å². The van der Waals surface area contributed by atoms with Crippen LogP contribution in [-0.4, -0.2) is 22.8 Å². The van der Waals surface area contributed by atoms with Crippen molar-refractivity contribution in [2.24, 2.45) is 15.4 Å². The van der Waals surface area contributed by atoms with Crippen molar-refractivity contribution in [2.75, 3.05) is 0 Å². The number of hydrogen-bond donors (Lipinski definition) is 1. The second-order valence-electron chi connectivity index (χ2n) is 4.14. The van der Waals surface area contributed by atoms with Crippen LogP contribution in [-0.2, 0) is 11.2 Å². The fourth-order valence-corrected chi connectivity index (χ4v) is 1.76. The molecule has 0 aliphatic carbocycles. The predicted octanol–water partition coefficient (Wildman–Crippen LogP) is 2.62. The number of allylic oxidation sites excluding steroid dienone is 2. The molecule has 0 saturated carbocycles. The topological polar surface area (TPSA) is 74.4 Å². The summed E-state index contributed by atoms with van der Waals surface area (Å²) in [6, 6.07) is 9.88. The highest BCUT2D eigenvalue weighted by Crippen LogP contribution is 2.22. The summed E-state index contributed by atoms with van der Waals surface area (Å²) in [5, 5.41) is 20.1. The molecule has 1 aromatic carbocycles. The summed E-state index contributed by atoms with van der Waals surface area (Å²) in [4.78, 5) is 10.4. The fourth-order valence-electron chi connectivity index (χ4n) is 1.76. The van der Waals surface area contributed by atoms with E-state index in [2.05, 4.69) is 15.4 Å². The van der Waals surface area contributed by atoms with E-state index in [4.69, 9.17) is 5.11 Å². The van der Waals surface area contributed by atoms with Gasteiger partial charge in [0.2, 0.25) is 0 Å². The molecule has 0 amide bonds. The first-order valence-corrected chi connectivity index (χ1v) is 5.79. The van der Waals surface area contributed by atoms with Crippen molar-refractivity contribution < 1.29 is 9.90 Å². The van der Waals surface area contributed by atoms with Crippen LogP contribution in [0.3, 0.4) is 0 Å². The van der Waals surface area contributed by atoms with Crippen LogP contribution in [0.25, 0.3) is 0 Å². The van der Waals surface area contributed by atoms with Crippen molar-refractivity contribution >= 4 is 12.2 Å². The molecule has 5 heteroatoms. The normalized spacial score (nSPS) is 21.7. The van der Waals surface area contributed by atoms with E-state index in [1.165, 1.54) is 6.08 Å². The Balaban J connectivity index is 2.13. The van der Waals surface area contributed by atoms with Gasteiger partial charge < -0.3 is 5.11 Å². The SMILES string of the molecule is O=C(O)C=CC=CC1(Cc2ccccc2)C=NN=N1. The van der Waals surface area contributed by atoms with E-state index in [1.54, 1.807) is 18.4 Å². The number of aliphatic carboxylic acids is 1. The first kappa shape index (κ1) is 12.9. The van der Waals surface area contributed by atoms with Crippen LogP contribution >= 0.6 is 0 Å². The summed E-state index contributed by atoms with van der Waals surface area (Å²) < 4.78 is 0. The van der Waals surface area contributed by atoms with Gasteiger partial charge in [0.1, 0.15) is 5.54 Å². The van der Waals surface area contributed by atoms with Gasteiger partial charge in [0, 0.05) is 12.5 Å². The molecule has 0 bridgehead atoms. The number of rotatable bonds is 5. The van der Waals surface area contributed by atoms with Gasteiger partial charge in [-0.2, -0.15) is 5.11 Å². The van der Waals surface area contributed by atoms with Crippen LogP contribution in [0.1, 0.15) is 5.56 Å². The number of benzene rings is 1. The molecule has 1 N–H and O–H groups in total. The van der Waals surface area contributed by atoms with Crippen molar-refractivity contribution in [1.82, 2.24) is 0 Å². The highest BCUT2D eigenvalue weighted by atomic mass is 16.4. The molecule has 1 aliphatic heterocycles. The Morgan fingerprint density at radius 3 is 2.68 bits per heavy atom. The maximum absolute atomic E-state index is 10.4. The number of carboxylic acids is 1. The van der Waals surface area contributed by atoms with Gasteiger partial charge in [0.05, 0.1) is 6.21 Å². The van der Waals surface area contributed by atoms with E-state index in [1.807, 2.05) is 30.3 Å². The zero-order valence-corrected chi connectivity index (χ0v) is 10.2. The summed E-state index contributed by atoms with van der Waals surface area (Å²) >= 11 is 0. The minimum Gasteiger partial charge on any atom is -0.478 e. The first-order valence-electron chi connectivity index (χ1n) is 5.79. The number of hydrogen-bond acceptors (Lipinski definition) is 4. The lowest BCUT2D eigenvalue weighted by Gasteiger charge is -2.16. The monoisotopic (exact) mass is 255 g/mol. The third kappa shape index (κ3) is 3.70. The van der Waals surface area contributed by atoms with E-state index < -0.39 is 11.5 Å². The smallest absolute Gasteiger partial charge is 0.328 e. The van der Waals surface area contributed by atoms with Gasteiger partial charge in [-0.1, -0.05) is 42.5 Å². The van der Waals surface area contributed by atoms with Crippen LogP contribution in [0.15, 0.2) is 70.1 Å². The summed E-state index contributed by atoms with van der Waals surface area (Å²) in [5.41, 5.74) is 0.492. The Hall–Kier alpha value is -2.56. The molecule has 1 aromatic rings. The van der Waals surface area contributed by atoms with Crippen LogP contribution in [0.4, 0.5) is 0 Å². The third-order valence-corrected chi connectivity index (χ3v) is 2.63. The minimum absolute atomic E-state index is 0.621. The van der Waals surface area contributed by atoms with Crippen LogP contribution < -0.4 is 0 Å². The molecular weight excluding hydrogens is 242 g/mol. The van der Waals surface area contributed by atoms with Crippen molar-refractivity contribution in [1.29, 1.82) is 0 Å². The van der Waals surface area contributed by atoms with Crippen LogP contribution in [0.5, 0.6) is 0 Å². The molecule has 0 radical (unpaired) electrons. The lowest BCUT2D eigenvalue weighted by Crippen LogP contribution is -2.26. The summed E-state index contributed by atoms with van der Waals surface area (Å²) in [6.45, 7) is 0.